The summed E-state index contributed by atoms with van der Waals surface area (Å²) in [5.41, 5.74) is 5.61. The third kappa shape index (κ3) is 2.41. The second-order valence-electron chi connectivity index (χ2n) is 5.92. The van der Waals surface area contributed by atoms with Gasteiger partial charge in [0.05, 0.1) is 5.41 Å². The summed E-state index contributed by atoms with van der Waals surface area (Å²) in [6.07, 6.45) is 5.35. The van der Waals surface area contributed by atoms with E-state index in [1.807, 2.05) is 11.9 Å². The monoisotopic (exact) mass is 253 g/mol. The van der Waals surface area contributed by atoms with Gasteiger partial charge in [-0.05, 0) is 32.2 Å². The number of hydrogen-bond donors (Lipinski definition) is 1. The third-order valence-electron chi connectivity index (χ3n) is 5.03. The van der Waals surface area contributed by atoms with Crippen molar-refractivity contribution < 1.29 is 4.79 Å². The predicted octanol–water partition coefficient (Wildman–Crippen LogP) is 1.06. The average Bonchev–Trinajstić information content (AvgIpc) is 2.37. The summed E-state index contributed by atoms with van der Waals surface area (Å²) in [5.74, 6) is 0.297. The van der Waals surface area contributed by atoms with Crippen molar-refractivity contribution in [3.05, 3.63) is 0 Å². The molecule has 0 atom stereocenters. The molecule has 1 saturated heterocycles. The van der Waals surface area contributed by atoms with Crippen molar-refractivity contribution in [2.24, 2.45) is 11.1 Å². The Hall–Kier alpha value is -0.610. The molecule has 1 aliphatic carbocycles. The molecule has 0 bridgehead atoms. The van der Waals surface area contributed by atoms with Crippen molar-refractivity contribution in [1.82, 2.24) is 9.80 Å². The Morgan fingerprint density at radius 3 is 2.39 bits per heavy atom. The van der Waals surface area contributed by atoms with E-state index in [2.05, 4.69) is 11.8 Å². The van der Waals surface area contributed by atoms with Gasteiger partial charge in [-0.25, -0.2) is 0 Å². The molecule has 1 aliphatic heterocycles. The van der Waals surface area contributed by atoms with Gasteiger partial charge in [-0.2, -0.15) is 0 Å². The maximum atomic E-state index is 12.6. The highest BCUT2D eigenvalue weighted by atomic mass is 16.2. The molecule has 1 heterocycles. The Labute approximate surface area is 110 Å². The van der Waals surface area contributed by atoms with E-state index in [-0.39, 0.29) is 5.41 Å². The topological polar surface area (TPSA) is 49.6 Å². The molecule has 0 spiro atoms. The van der Waals surface area contributed by atoms with Crippen molar-refractivity contribution >= 4 is 5.91 Å². The Bertz CT molecular complexity index is 288. The van der Waals surface area contributed by atoms with Crippen LogP contribution in [0.5, 0.6) is 0 Å². The molecule has 0 aromatic carbocycles. The maximum Gasteiger partial charge on any atom is 0.230 e. The van der Waals surface area contributed by atoms with Crippen LogP contribution in [-0.4, -0.2) is 55.0 Å². The normalized spacial score (nSPS) is 24.6. The number of rotatable bonds is 4. The molecule has 104 valence electrons. The van der Waals surface area contributed by atoms with Gasteiger partial charge >= 0.3 is 0 Å². The highest BCUT2D eigenvalue weighted by Crippen LogP contribution is 2.42. The van der Waals surface area contributed by atoms with Gasteiger partial charge in [-0.1, -0.05) is 13.3 Å². The fourth-order valence-corrected chi connectivity index (χ4v) is 3.27. The van der Waals surface area contributed by atoms with E-state index in [1.165, 1.54) is 0 Å². The molecule has 0 aromatic rings. The first-order chi connectivity index (χ1) is 8.63. The van der Waals surface area contributed by atoms with E-state index < -0.39 is 0 Å². The summed E-state index contributed by atoms with van der Waals surface area (Å²) >= 11 is 0. The van der Waals surface area contributed by atoms with Crippen molar-refractivity contribution in [2.45, 2.75) is 45.1 Å². The number of nitrogens with zero attached hydrogens (tertiary/aromatic N) is 2. The molecule has 2 rings (SSSR count). The molecule has 1 saturated carbocycles. The highest BCUT2D eigenvalue weighted by Gasteiger charge is 2.45. The summed E-state index contributed by atoms with van der Waals surface area (Å²) in [4.78, 5) is 17.0. The summed E-state index contributed by atoms with van der Waals surface area (Å²) in [5, 5.41) is 0. The Morgan fingerprint density at radius 1 is 1.39 bits per heavy atom. The van der Waals surface area contributed by atoms with Gasteiger partial charge in [0, 0.05) is 32.7 Å². The molecule has 4 heteroatoms. The quantitative estimate of drug-likeness (QED) is 0.815. The van der Waals surface area contributed by atoms with Crippen molar-refractivity contribution in [1.29, 1.82) is 0 Å². The van der Waals surface area contributed by atoms with E-state index in [1.54, 1.807) is 0 Å². The Morgan fingerprint density at radius 2 is 2.00 bits per heavy atom. The average molecular weight is 253 g/mol. The van der Waals surface area contributed by atoms with E-state index in [4.69, 9.17) is 5.73 Å². The standard InChI is InChI=1S/C14H27N3O/c1-3-17-9-5-12(6-10-17)16(2)13(18)14(11-15)7-4-8-14/h12H,3-11,15H2,1-2H3. The van der Waals surface area contributed by atoms with E-state index in [0.717, 1.165) is 51.7 Å². The number of carbonyl (C=O) groups excluding carboxylic acids is 1. The van der Waals surface area contributed by atoms with E-state index >= 15 is 0 Å². The maximum absolute atomic E-state index is 12.6. The molecular formula is C14H27N3O. The van der Waals surface area contributed by atoms with Gasteiger partial charge in [-0.3, -0.25) is 4.79 Å². The third-order valence-corrected chi connectivity index (χ3v) is 5.03. The summed E-state index contributed by atoms with van der Waals surface area (Å²) < 4.78 is 0. The van der Waals surface area contributed by atoms with Gasteiger partial charge in [-0.15, -0.1) is 0 Å². The molecule has 2 fully saturated rings. The molecule has 18 heavy (non-hydrogen) atoms. The molecule has 2 aliphatic rings. The first kappa shape index (κ1) is 13.8. The van der Waals surface area contributed by atoms with Gasteiger partial charge in [0.1, 0.15) is 0 Å². The molecule has 0 unspecified atom stereocenters. The smallest absolute Gasteiger partial charge is 0.230 e. The van der Waals surface area contributed by atoms with Gasteiger partial charge in [0.25, 0.3) is 0 Å². The molecule has 1 amide bonds. The SMILES string of the molecule is CCN1CCC(N(C)C(=O)C2(CN)CCC2)CC1. The van der Waals surface area contributed by atoms with Gasteiger partial charge < -0.3 is 15.5 Å². The number of amides is 1. The van der Waals surface area contributed by atoms with Crippen LogP contribution < -0.4 is 5.73 Å². The highest BCUT2D eigenvalue weighted by molar-refractivity contribution is 5.84. The van der Waals surface area contributed by atoms with Crippen molar-refractivity contribution in [2.75, 3.05) is 33.2 Å². The van der Waals surface area contributed by atoms with E-state index in [0.29, 0.717) is 18.5 Å². The summed E-state index contributed by atoms with van der Waals surface area (Å²) in [7, 11) is 1.98. The second kappa shape index (κ2) is 5.57. The fourth-order valence-electron chi connectivity index (χ4n) is 3.27. The molecule has 4 nitrogen and oxygen atoms in total. The largest absolute Gasteiger partial charge is 0.342 e. The predicted molar refractivity (Wildman–Crippen MR) is 73.2 cm³/mol. The van der Waals surface area contributed by atoms with Crippen LogP contribution in [-0.2, 0) is 4.79 Å². The molecule has 0 radical (unpaired) electrons. The molecule has 2 N–H and O–H groups in total. The van der Waals surface area contributed by atoms with Crippen LogP contribution in [0.25, 0.3) is 0 Å². The Balaban J connectivity index is 1.91. The Kier molecular flexibility index (Phi) is 4.28. The van der Waals surface area contributed by atoms with Crippen LogP contribution in [0.15, 0.2) is 0 Å². The van der Waals surface area contributed by atoms with E-state index in [9.17, 15) is 4.79 Å². The summed E-state index contributed by atoms with van der Waals surface area (Å²) in [6, 6.07) is 0.421. The minimum atomic E-state index is -0.212. The van der Waals surface area contributed by atoms with Crippen LogP contribution in [0.2, 0.25) is 0 Å². The van der Waals surface area contributed by atoms with Gasteiger partial charge in [0.15, 0.2) is 0 Å². The van der Waals surface area contributed by atoms with Crippen LogP contribution in [0.4, 0.5) is 0 Å². The zero-order chi connectivity index (χ0) is 13.2. The van der Waals surface area contributed by atoms with Crippen LogP contribution >= 0.6 is 0 Å². The number of likely N-dealkylation sites (tertiary alicyclic amines) is 1. The van der Waals surface area contributed by atoms with Crippen LogP contribution in [0.3, 0.4) is 0 Å². The minimum absolute atomic E-state index is 0.212. The van der Waals surface area contributed by atoms with Crippen LogP contribution in [0.1, 0.15) is 39.0 Å². The number of piperidine rings is 1. The lowest BCUT2D eigenvalue weighted by molar-refractivity contribution is -0.148. The second-order valence-corrected chi connectivity index (χ2v) is 5.92. The van der Waals surface area contributed by atoms with Crippen LogP contribution in [0, 0.1) is 5.41 Å². The van der Waals surface area contributed by atoms with Crippen molar-refractivity contribution in [3.8, 4) is 0 Å². The lowest BCUT2D eigenvalue weighted by atomic mass is 9.67. The lowest BCUT2D eigenvalue weighted by Crippen LogP contribution is -2.55. The fraction of sp³-hybridized carbons (Fsp3) is 0.929. The number of nitrogens with two attached hydrogens (primary N) is 1. The first-order valence-corrected chi connectivity index (χ1v) is 7.32. The first-order valence-electron chi connectivity index (χ1n) is 7.32. The number of carbonyl (C=O) groups is 1. The minimum Gasteiger partial charge on any atom is -0.342 e. The number of hydrogen-bond acceptors (Lipinski definition) is 3. The summed E-state index contributed by atoms with van der Waals surface area (Å²) in [6.45, 7) is 6.08. The van der Waals surface area contributed by atoms with Crippen molar-refractivity contribution in [3.63, 3.8) is 0 Å². The van der Waals surface area contributed by atoms with Gasteiger partial charge in [0.2, 0.25) is 5.91 Å². The molecular weight excluding hydrogens is 226 g/mol. The molecule has 0 aromatic heterocycles. The zero-order valence-corrected chi connectivity index (χ0v) is 11.8. The lowest BCUT2D eigenvalue weighted by Gasteiger charge is -2.45. The zero-order valence-electron chi connectivity index (χ0n) is 11.8.